The molecule has 1 aromatic heterocycles. The monoisotopic (exact) mass is 597 g/mol. The lowest BCUT2D eigenvalue weighted by Gasteiger charge is -2.38. The first-order valence-electron chi connectivity index (χ1n) is 14.3. The van der Waals surface area contributed by atoms with E-state index in [1.54, 1.807) is 18.3 Å². The van der Waals surface area contributed by atoms with Crippen molar-refractivity contribution in [1.82, 2.24) is 4.98 Å². The van der Waals surface area contributed by atoms with Gasteiger partial charge in [0.25, 0.3) is 0 Å². The van der Waals surface area contributed by atoms with Crippen molar-refractivity contribution in [1.29, 1.82) is 0 Å². The highest BCUT2D eigenvalue weighted by Crippen LogP contribution is 2.56. The van der Waals surface area contributed by atoms with Gasteiger partial charge in [0.2, 0.25) is 0 Å². The summed E-state index contributed by atoms with van der Waals surface area (Å²) >= 11 is 13.0. The minimum atomic E-state index is -0.243. The first kappa shape index (κ1) is 26.0. The normalized spacial score (nSPS) is 26.8. The average molecular weight is 599 g/mol. The van der Waals surface area contributed by atoms with E-state index in [-0.39, 0.29) is 47.4 Å². The molecule has 0 bridgehead atoms. The zero-order valence-electron chi connectivity index (χ0n) is 22.5. The summed E-state index contributed by atoms with van der Waals surface area (Å²) in [6.45, 7) is 0. The van der Waals surface area contributed by atoms with Crippen molar-refractivity contribution in [2.24, 2.45) is 11.8 Å². The Balaban J connectivity index is 1.23. The highest BCUT2D eigenvalue weighted by atomic mass is 35.5. The van der Waals surface area contributed by atoms with Gasteiger partial charge in [-0.3, -0.25) is 4.98 Å². The van der Waals surface area contributed by atoms with Crippen LogP contribution in [0.1, 0.15) is 64.6 Å². The van der Waals surface area contributed by atoms with E-state index in [2.05, 4.69) is 46.0 Å². The maximum Gasteiger partial charge on any atom is 0.123 e. The molecule has 0 fully saturated rings. The van der Waals surface area contributed by atoms with Gasteiger partial charge in [0.15, 0.2) is 0 Å². The molecule has 8 rings (SSSR count). The number of hydrogen-bond acceptors (Lipinski definition) is 3. The van der Waals surface area contributed by atoms with Crippen molar-refractivity contribution in [3.05, 3.63) is 141 Å². The molecular weight excluding hydrogens is 571 g/mol. The molecule has 3 aromatic carbocycles. The molecule has 4 aliphatic rings. The zero-order valence-corrected chi connectivity index (χ0v) is 24.0. The summed E-state index contributed by atoms with van der Waals surface area (Å²) in [5.74, 6) is 0.0677. The number of nitrogens with one attached hydrogen (secondary N) is 2. The van der Waals surface area contributed by atoms with Gasteiger partial charge in [-0.15, -0.1) is 0 Å². The van der Waals surface area contributed by atoms with Gasteiger partial charge in [-0.05, 0) is 113 Å². The second-order valence-corrected chi connectivity index (χ2v) is 12.7. The molecule has 2 N–H and O–H groups in total. The number of rotatable bonds is 3. The fraction of sp³-hybridized carbons (Fsp3) is 0.229. The van der Waals surface area contributed by atoms with Crippen molar-refractivity contribution < 1.29 is 8.78 Å². The number of pyridine rings is 1. The van der Waals surface area contributed by atoms with Crippen LogP contribution in [0.3, 0.4) is 0 Å². The second kappa shape index (κ2) is 9.96. The van der Waals surface area contributed by atoms with E-state index < -0.39 is 0 Å². The molecule has 6 unspecified atom stereocenters. The van der Waals surface area contributed by atoms with E-state index >= 15 is 0 Å². The molecule has 7 heteroatoms. The van der Waals surface area contributed by atoms with Crippen LogP contribution in [0.25, 0.3) is 5.57 Å². The van der Waals surface area contributed by atoms with Gasteiger partial charge in [-0.25, -0.2) is 8.78 Å². The summed E-state index contributed by atoms with van der Waals surface area (Å²) < 4.78 is 28.8. The number of anilines is 2. The average Bonchev–Trinajstić information content (AvgIpc) is 3.65. The number of benzene rings is 3. The third-order valence-corrected chi connectivity index (χ3v) is 9.96. The first-order chi connectivity index (χ1) is 20.4. The molecule has 0 saturated heterocycles. The van der Waals surface area contributed by atoms with Gasteiger partial charge < -0.3 is 10.6 Å². The summed E-state index contributed by atoms with van der Waals surface area (Å²) in [5, 5.41) is 8.69. The quantitative estimate of drug-likeness (QED) is 0.231. The summed E-state index contributed by atoms with van der Waals surface area (Å²) in [6, 6.07) is 18.1. The lowest BCUT2D eigenvalue weighted by atomic mass is 9.75. The maximum atomic E-state index is 14.5. The molecule has 6 atom stereocenters. The van der Waals surface area contributed by atoms with Crippen LogP contribution in [0.4, 0.5) is 20.2 Å². The van der Waals surface area contributed by atoms with E-state index in [4.69, 9.17) is 23.2 Å². The molecule has 210 valence electrons. The Bertz CT molecular complexity index is 1800. The lowest BCUT2D eigenvalue weighted by molar-refractivity contribution is 0.421. The predicted molar refractivity (Wildman–Crippen MR) is 165 cm³/mol. The van der Waals surface area contributed by atoms with Crippen LogP contribution < -0.4 is 10.6 Å². The Kier molecular flexibility index (Phi) is 6.17. The van der Waals surface area contributed by atoms with Crippen molar-refractivity contribution in [3.63, 3.8) is 0 Å². The summed E-state index contributed by atoms with van der Waals surface area (Å²) in [4.78, 5) is 4.36. The van der Waals surface area contributed by atoms with Gasteiger partial charge >= 0.3 is 0 Å². The second-order valence-electron chi connectivity index (χ2n) is 11.8. The van der Waals surface area contributed by atoms with Crippen LogP contribution in [0.15, 0.2) is 91.3 Å². The van der Waals surface area contributed by atoms with Crippen molar-refractivity contribution in [3.8, 4) is 0 Å². The van der Waals surface area contributed by atoms with E-state index in [1.807, 2.05) is 30.5 Å². The van der Waals surface area contributed by atoms with E-state index in [1.165, 1.54) is 17.7 Å². The van der Waals surface area contributed by atoms with E-state index in [0.717, 1.165) is 52.0 Å². The van der Waals surface area contributed by atoms with E-state index in [9.17, 15) is 8.78 Å². The summed E-state index contributed by atoms with van der Waals surface area (Å²) in [5.41, 5.74) is 8.34. The van der Waals surface area contributed by atoms with Crippen LogP contribution in [-0.2, 0) is 0 Å². The molecule has 42 heavy (non-hydrogen) atoms. The smallest absolute Gasteiger partial charge is 0.123 e. The Labute approximate surface area is 253 Å². The van der Waals surface area contributed by atoms with Gasteiger partial charge in [-0.1, -0.05) is 47.5 Å². The van der Waals surface area contributed by atoms with Gasteiger partial charge in [0, 0.05) is 40.6 Å². The Morgan fingerprint density at radius 2 is 1.45 bits per heavy atom. The Hall–Kier alpha value is -3.67. The number of nitrogens with zero attached hydrogens (tertiary/aromatic N) is 1. The third-order valence-electron chi connectivity index (χ3n) is 9.51. The lowest BCUT2D eigenvalue weighted by Crippen LogP contribution is -2.30. The van der Waals surface area contributed by atoms with Gasteiger partial charge in [0.1, 0.15) is 11.6 Å². The SMILES string of the molecule is Fc1ccc2c(c1)C1C=C(c3ccc(Cl)cc3C3Nc4ccc(F)cc4C4C=CCC43)CC1C(c1cncc(Cl)c1)N2. The molecule has 2 aliphatic heterocycles. The summed E-state index contributed by atoms with van der Waals surface area (Å²) in [7, 11) is 0. The minimum absolute atomic E-state index is 0.00373. The number of aromatic nitrogens is 1. The molecule has 0 radical (unpaired) electrons. The molecular formula is C35H27Cl2F2N3. The highest BCUT2D eigenvalue weighted by molar-refractivity contribution is 6.31. The minimum Gasteiger partial charge on any atom is -0.378 e. The number of halogens is 4. The van der Waals surface area contributed by atoms with Crippen LogP contribution in [0.2, 0.25) is 10.0 Å². The Morgan fingerprint density at radius 3 is 2.21 bits per heavy atom. The maximum absolute atomic E-state index is 14.5. The number of allylic oxidation sites excluding steroid dienone is 4. The summed E-state index contributed by atoms with van der Waals surface area (Å²) in [6.07, 6.45) is 11.9. The largest absolute Gasteiger partial charge is 0.378 e. The fourth-order valence-electron chi connectivity index (χ4n) is 7.74. The fourth-order valence-corrected chi connectivity index (χ4v) is 8.10. The molecule has 3 nitrogen and oxygen atoms in total. The van der Waals surface area contributed by atoms with Crippen molar-refractivity contribution in [2.75, 3.05) is 10.6 Å². The van der Waals surface area contributed by atoms with Crippen LogP contribution in [0.5, 0.6) is 0 Å². The zero-order chi connectivity index (χ0) is 28.5. The third kappa shape index (κ3) is 4.25. The van der Waals surface area contributed by atoms with Gasteiger partial charge in [0.05, 0.1) is 17.1 Å². The van der Waals surface area contributed by atoms with Crippen molar-refractivity contribution >= 4 is 40.1 Å². The topological polar surface area (TPSA) is 37.0 Å². The van der Waals surface area contributed by atoms with Crippen LogP contribution in [0, 0.1) is 23.5 Å². The molecule has 0 saturated carbocycles. The molecule has 0 amide bonds. The molecule has 0 spiro atoms. The first-order valence-corrected chi connectivity index (χ1v) is 15.1. The molecule has 4 aromatic rings. The predicted octanol–water partition coefficient (Wildman–Crippen LogP) is 9.85. The van der Waals surface area contributed by atoms with Crippen molar-refractivity contribution in [2.45, 2.75) is 36.8 Å². The highest BCUT2D eigenvalue weighted by Gasteiger charge is 2.43. The standard InChI is InChI=1S/C35H27Cl2F2N3/c36-20-4-7-24(31(13-20)35-26-3-1-2-25(26)28-14-22(38)5-8-32(28)42-35)18-11-27-29-15-23(39)6-9-33(29)41-34(30(27)12-18)19-10-21(37)17-40-16-19/h1-2,4-11,13-17,25-27,30,34-35,41-42H,3,12H2. The Morgan fingerprint density at radius 1 is 0.714 bits per heavy atom. The number of hydrogen-bond donors (Lipinski definition) is 2. The van der Waals surface area contributed by atoms with E-state index in [0.29, 0.717) is 10.0 Å². The molecule has 3 heterocycles. The van der Waals surface area contributed by atoms with Gasteiger partial charge in [-0.2, -0.15) is 0 Å². The van der Waals surface area contributed by atoms with Crippen LogP contribution in [-0.4, -0.2) is 4.98 Å². The van der Waals surface area contributed by atoms with Crippen LogP contribution >= 0.6 is 23.2 Å². The molecule has 2 aliphatic carbocycles. The number of fused-ring (bicyclic) bond motifs is 6.